The van der Waals surface area contributed by atoms with Crippen LogP contribution in [0.15, 0.2) is 53.4 Å². The lowest BCUT2D eigenvalue weighted by Gasteiger charge is -2.13. The van der Waals surface area contributed by atoms with E-state index in [-0.39, 0.29) is 29.0 Å². The minimum absolute atomic E-state index is 0.0280. The van der Waals surface area contributed by atoms with Gasteiger partial charge in [0.25, 0.3) is 5.91 Å². The number of benzene rings is 2. The summed E-state index contributed by atoms with van der Waals surface area (Å²) in [6.07, 6.45) is 0.580. The summed E-state index contributed by atoms with van der Waals surface area (Å²) in [7, 11) is -2.29. The van der Waals surface area contributed by atoms with Gasteiger partial charge in [-0.1, -0.05) is 30.3 Å². The molecule has 2 aromatic rings. The maximum atomic E-state index is 12.5. The number of carbonyl (C=O) groups excluding carboxylic acids is 1. The number of carbonyl (C=O) groups is 1. The molecule has 0 aliphatic carbocycles. The number of amides is 1. The van der Waals surface area contributed by atoms with E-state index in [9.17, 15) is 13.2 Å². The van der Waals surface area contributed by atoms with Crippen molar-refractivity contribution in [2.75, 3.05) is 13.7 Å². The normalized spacial score (nSPS) is 11.4. The second-order valence-corrected chi connectivity index (χ2v) is 7.89. The van der Waals surface area contributed by atoms with Crippen molar-refractivity contribution < 1.29 is 17.9 Å². The Balaban J connectivity index is 2.16. The molecule has 0 bridgehead atoms. The predicted molar refractivity (Wildman–Crippen MR) is 101 cm³/mol. The molecule has 0 saturated carbocycles. The Bertz CT molecular complexity index is 849. The number of nitrogens with one attached hydrogen (secondary N) is 2. The van der Waals surface area contributed by atoms with Crippen LogP contribution < -0.4 is 14.8 Å². The monoisotopic (exact) mass is 376 g/mol. The first kappa shape index (κ1) is 19.9. The number of ether oxygens (including phenoxy) is 1. The molecule has 0 fully saturated rings. The third-order valence-electron chi connectivity index (χ3n) is 3.69. The standard InChI is InChI=1S/C19H24N2O4S/c1-14(2)21-19(22)17-13-16(9-10-18(17)25-3)26(23,24)20-12-11-15-7-5-4-6-8-15/h4-10,13-14,20H,11-12H2,1-3H3,(H,21,22). The first-order chi connectivity index (χ1) is 12.3. The molecule has 0 saturated heterocycles. The maximum absolute atomic E-state index is 12.5. The number of sulfonamides is 1. The topological polar surface area (TPSA) is 84.5 Å². The van der Waals surface area contributed by atoms with Gasteiger partial charge >= 0.3 is 0 Å². The molecule has 0 spiro atoms. The van der Waals surface area contributed by atoms with Crippen molar-refractivity contribution in [3.63, 3.8) is 0 Å². The fraction of sp³-hybridized carbons (Fsp3) is 0.316. The van der Waals surface area contributed by atoms with E-state index in [2.05, 4.69) is 10.0 Å². The molecule has 2 rings (SSSR count). The van der Waals surface area contributed by atoms with E-state index >= 15 is 0 Å². The van der Waals surface area contributed by atoms with Crippen LogP contribution in [0.4, 0.5) is 0 Å². The van der Waals surface area contributed by atoms with Gasteiger partial charge < -0.3 is 10.1 Å². The molecular formula is C19H24N2O4S. The molecule has 0 aliphatic rings. The van der Waals surface area contributed by atoms with Gasteiger partial charge in [-0.05, 0) is 44.0 Å². The van der Waals surface area contributed by atoms with Crippen molar-refractivity contribution in [2.45, 2.75) is 31.2 Å². The average Bonchev–Trinajstić information content (AvgIpc) is 2.61. The molecular weight excluding hydrogens is 352 g/mol. The Morgan fingerprint density at radius 2 is 1.81 bits per heavy atom. The zero-order chi connectivity index (χ0) is 19.2. The highest BCUT2D eigenvalue weighted by molar-refractivity contribution is 7.89. The van der Waals surface area contributed by atoms with E-state index in [0.717, 1.165) is 5.56 Å². The van der Waals surface area contributed by atoms with Gasteiger partial charge in [0.15, 0.2) is 0 Å². The minimum atomic E-state index is -3.73. The van der Waals surface area contributed by atoms with Gasteiger partial charge in [0, 0.05) is 12.6 Å². The molecule has 7 heteroatoms. The fourth-order valence-electron chi connectivity index (χ4n) is 2.43. The first-order valence-corrected chi connectivity index (χ1v) is 9.84. The number of methoxy groups -OCH3 is 1. The van der Waals surface area contributed by atoms with Crippen molar-refractivity contribution in [3.05, 3.63) is 59.7 Å². The molecule has 0 unspecified atom stereocenters. The van der Waals surface area contributed by atoms with Crippen molar-refractivity contribution >= 4 is 15.9 Å². The quantitative estimate of drug-likeness (QED) is 0.741. The second-order valence-electron chi connectivity index (χ2n) is 6.12. The van der Waals surface area contributed by atoms with E-state index in [1.807, 2.05) is 44.2 Å². The SMILES string of the molecule is COc1ccc(S(=O)(=O)NCCc2ccccc2)cc1C(=O)NC(C)C. The van der Waals surface area contributed by atoms with Crippen molar-refractivity contribution in [1.82, 2.24) is 10.0 Å². The van der Waals surface area contributed by atoms with Gasteiger partial charge in [0.05, 0.1) is 17.6 Å². The van der Waals surface area contributed by atoms with Gasteiger partial charge in [-0.2, -0.15) is 0 Å². The lowest BCUT2D eigenvalue weighted by atomic mass is 10.2. The highest BCUT2D eigenvalue weighted by atomic mass is 32.2. The van der Waals surface area contributed by atoms with Crippen molar-refractivity contribution in [3.8, 4) is 5.75 Å². The van der Waals surface area contributed by atoms with E-state index in [4.69, 9.17) is 4.74 Å². The number of rotatable bonds is 8. The Labute approximate surface area is 154 Å². The zero-order valence-corrected chi connectivity index (χ0v) is 16.0. The van der Waals surface area contributed by atoms with E-state index in [0.29, 0.717) is 12.2 Å². The minimum Gasteiger partial charge on any atom is -0.496 e. The van der Waals surface area contributed by atoms with E-state index in [1.165, 1.54) is 25.3 Å². The van der Waals surface area contributed by atoms with Crippen molar-refractivity contribution in [2.24, 2.45) is 0 Å². The highest BCUT2D eigenvalue weighted by Crippen LogP contribution is 2.22. The summed E-state index contributed by atoms with van der Waals surface area (Å²) in [5.74, 6) is -0.0513. The second kappa shape index (κ2) is 8.82. The van der Waals surface area contributed by atoms with Crippen LogP contribution in [0.2, 0.25) is 0 Å². The molecule has 2 aromatic carbocycles. The summed E-state index contributed by atoms with van der Waals surface area (Å²) in [5, 5.41) is 2.74. The molecule has 26 heavy (non-hydrogen) atoms. The van der Waals surface area contributed by atoms with Gasteiger partial charge in [0.1, 0.15) is 5.75 Å². The van der Waals surface area contributed by atoms with Crippen LogP contribution in [-0.4, -0.2) is 34.0 Å². The molecule has 2 N–H and O–H groups in total. The molecule has 0 radical (unpaired) electrons. The predicted octanol–water partition coefficient (Wildman–Crippen LogP) is 2.35. The smallest absolute Gasteiger partial charge is 0.255 e. The van der Waals surface area contributed by atoms with Crippen LogP contribution in [-0.2, 0) is 16.4 Å². The maximum Gasteiger partial charge on any atom is 0.255 e. The summed E-state index contributed by atoms with van der Waals surface area (Å²) >= 11 is 0. The summed E-state index contributed by atoms with van der Waals surface area (Å²) in [6.45, 7) is 3.93. The Hall–Kier alpha value is -2.38. The average molecular weight is 376 g/mol. The Morgan fingerprint density at radius 3 is 2.42 bits per heavy atom. The molecule has 140 valence electrons. The van der Waals surface area contributed by atoms with Crippen LogP contribution >= 0.6 is 0 Å². The molecule has 6 nitrogen and oxygen atoms in total. The largest absolute Gasteiger partial charge is 0.496 e. The molecule has 0 atom stereocenters. The van der Waals surface area contributed by atoms with E-state index in [1.54, 1.807) is 0 Å². The lowest BCUT2D eigenvalue weighted by molar-refractivity contribution is 0.0940. The summed E-state index contributed by atoms with van der Waals surface area (Å²) in [5.41, 5.74) is 1.23. The van der Waals surface area contributed by atoms with Gasteiger partial charge in [-0.25, -0.2) is 13.1 Å². The van der Waals surface area contributed by atoms with Gasteiger partial charge in [-0.3, -0.25) is 4.79 Å². The van der Waals surface area contributed by atoms with Crippen LogP contribution in [0.3, 0.4) is 0 Å². The van der Waals surface area contributed by atoms with Gasteiger partial charge in [0.2, 0.25) is 10.0 Å². The van der Waals surface area contributed by atoms with E-state index < -0.39 is 10.0 Å². The molecule has 0 aliphatic heterocycles. The Morgan fingerprint density at radius 1 is 1.12 bits per heavy atom. The van der Waals surface area contributed by atoms with Crippen LogP contribution in [0, 0.1) is 0 Å². The highest BCUT2D eigenvalue weighted by Gasteiger charge is 2.20. The number of hydrogen-bond donors (Lipinski definition) is 2. The molecule has 0 heterocycles. The number of hydrogen-bond acceptors (Lipinski definition) is 4. The fourth-order valence-corrected chi connectivity index (χ4v) is 3.49. The van der Waals surface area contributed by atoms with Crippen LogP contribution in [0.5, 0.6) is 5.75 Å². The van der Waals surface area contributed by atoms with Crippen LogP contribution in [0.1, 0.15) is 29.8 Å². The zero-order valence-electron chi connectivity index (χ0n) is 15.2. The molecule has 1 amide bonds. The first-order valence-electron chi connectivity index (χ1n) is 8.36. The molecule has 0 aromatic heterocycles. The third-order valence-corrected chi connectivity index (χ3v) is 5.15. The van der Waals surface area contributed by atoms with Gasteiger partial charge in [-0.15, -0.1) is 0 Å². The summed E-state index contributed by atoms with van der Waals surface area (Å²) < 4.78 is 32.8. The van der Waals surface area contributed by atoms with Crippen molar-refractivity contribution in [1.29, 1.82) is 0 Å². The van der Waals surface area contributed by atoms with Crippen LogP contribution in [0.25, 0.3) is 0 Å². The summed E-state index contributed by atoms with van der Waals surface area (Å²) in [6, 6.07) is 13.8. The third kappa shape index (κ3) is 5.31. The lowest BCUT2D eigenvalue weighted by Crippen LogP contribution is -2.31. The Kier molecular flexibility index (Phi) is 6.76. The summed E-state index contributed by atoms with van der Waals surface area (Å²) in [4.78, 5) is 12.3.